The van der Waals surface area contributed by atoms with Crippen LogP contribution in [0, 0.1) is 0 Å². The van der Waals surface area contributed by atoms with Crippen LogP contribution < -0.4 is 9.62 Å². The van der Waals surface area contributed by atoms with Gasteiger partial charge in [-0.1, -0.05) is 18.2 Å². The molecule has 1 fully saturated rings. The van der Waals surface area contributed by atoms with E-state index in [4.69, 9.17) is 4.74 Å². The third-order valence-corrected chi connectivity index (χ3v) is 6.61. The number of ether oxygens (including phenoxy) is 1. The summed E-state index contributed by atoms with van der Waals surface area (Å²) in [5.74, 6) is 0.688. The van der Waals surface area contributed by atoms with E-state index >= 15 is 0 Å². The van der Waals surface area contributed by atoms with Gasteiger partial charge in [-0.15, -0.1) is 0 Å². The van der Waals surface area contributed by atoms with Crippen molar-refractivity contribution in [3.8, 4) is 0 Å². The fourth-order valence-electron chi connectivity index (χ4n) is 3.33. The van der Waals surface area contributed by atoms with Gasteiger partial charge in [0, 0.05) is 25.9 Å². The Balaban J connectivity index is 1.74. The number of methoxy groups -OCH3 is 1. The van der Waals surface area contributed by atoms with Gasteiger partial charge in [0.2, 0.25) is 0 Å². The number of pyridine rings is 1. The maximum absolute atomic E-state index is 13.0. The highest BCUT2D eigenvalue weighted by molar-refractivity contribution is 7.92. The predicted octanol–water partition coefficient (Wildman–Crippen LogP) is 3.28. The van der Waals surface area contributed by atoms with Crippen LogP contribution >= 0.6 is 0 Å². The molecular formula is C19H25N3O3S. The van der Waals surface area contributed by atoms with Crippen molar-refractivity contribution in [2.75, 3.05) is 23.3 Å². The lowest BCUT2D eigenvalue weighted by Gasteiger charge is -2.23. The van der Waals surface area contributed by atoms with Crippen LogP contribution in [0.4, 0.5) is 11.5 Å². The van der Waals surface area contributed by atoms with E-state index in [0.29, 0.717) is 24.1 Å². The molecule has 1 aliphatic rings. The fraction of sp³-hybridized carbons (Fsp3) is 0.421. The van der Waals surface area contributed by atoms with E-state index in [0.717, 1.165) is 19.3 Å². The quantitative estimate of drug-likeness (QED) is 0.804. The molecule has 2 unspecified atom stereocenters. The molecule has 1 N–H and O–H groups in total. The van der Waals surface area contributed by atoms with Gasteiger partial charge < -0.3 is 10.1 Å². The lowest BCUT2D eigenvalue weighted by Crippen LogP contribution is -2.30. The van der Waals surface area contributed by atoms with Gasteiger partial charge in [-0.3, -0.25) is 4.31 Å². The monoisotopic (exact) mass is 375 g/mol. The van der Waals surface area contributed by atoms with Gasteiger partial charge in [-0.2, -0.15) is 0 Å². The number of anilines is 2. The smallest absolute Gasteiger partial charge is 0.265 e. The second-order valence-electron chi connectivity index (χ2n) is 6.40. The maximum atomic E-state index is 13.0. The van der Waals surface area contributed by atoms with E-state index < -0.39 is 10.0 Å². The van der Waals surface area contributed by atoms with Gasteiger partial charge in [-0.25, -0.2) is 13.4 Å². The number of rotatable bonds is 7. The molecule has 3 rings (SSSR count). The molecule has 0 bridgehead atoms. The van der Waals surface area contributed by atoms with Crippen LogP contribution in [0.15, 0.2) is 53.6 Å². The summed E-state index contributed by atoms with van der Waals surface area (Å²) in [5, 5.41) is 3.36. The zero-order valence-electron chi connectivity index (χ0n) is 15.1. The number of nitrogens with one attached hydrogen (secondary N) is 1. The molecule has 1 aliphatic carbocycles. The Morgan fingerprint density at radius 3 is 2.54 bits per heavy atom. The molecule has 1 saturated carbocycles. The van der Waals surface area contributed by atoms with E-state index in [-0.39, 0.29) is 11.0 Å². The topological polar surface area (TPSA) is 71.5 Å². The highest BCUT2D eigenvalue weighted by atomic mass is 32.2. The Morgan fingerprint density at radius 2 is 1.96 bits per heavy atom. The number of nitrogens with zero attached hydrogens (tertiary/aromatic N) is 2. The van der Waals surface area contributed by atoms with Crippen molar-refractivity contribution in [1.29, 1.82) is 0 Å². The molecule has 0 spiro atoms. The molecule has 6 nitrogen and oxygen atoms in total. The Morgan fingerprint density at radius 1 is 1.19 bits per heavy atom. The van der Waals surface area contributed by atoms with Crippen molar-refractivity contribution < 1.29 is 13.2 Å². The van der Waals surface area contributed by atoms with Crippen molar-refractivity contribution in [1.82, 2.24) is 4.98 Å². The lowest BCUT2D eigenvalue weighted by molar-refractivity contribution is 0.108. The SMILES string of the molecule is CCN(c1ccccc1)S(=O)(=O)c1ccc(NC2CCC(OC)C2)nc1. The first-order valence-electron chi connectivity index (χ1n) is 8.87. The second kappa shape index (κ2) is 8.05. The number of para-hydroxylation sites is 1. The molecule has 1 aromatic carbocycles. The number of hydrogen-bond acceptors (Lipinski definition) is 5. The zero-order chi connectivity index (χ0) is 18.6. The van der Waals surface area contributed by atoms with Crippen molar-refractivity contribution in [3.05, 3.63) is 48.7 Å². The lowest BCUT2D eigenvalue weighted by atomic mass is 10.2. The van der Waals surface area contributed by atoms with Crippen molar-refractivity contribution in [3.63, 3.8) is 0 Å². The minimum Gasteiger partial charge on any atom is -0.381 e. The van der Waals surface area contributed by atoms with E-state index in [9.17, 15) is 8.42 Å². The highest BCUT2D eigenvalue weighted by Gasteiger charge is 2.26. The Bertz CT molecular complexity index is 810. The van der Waals surface area contributed by atoms with Crippen LogP contribution in [0.2, 0.25) is 0 Å². The normalized spacial score (nSPS) is 20.1. The molecule has 140 valence electrons. The molecule has 2 aromatic rings. The fourth-order valence-corrected chi connectivity index (χ4v) is 4.75. The maximum Gasteiger partial charge on any atom is 0.265 e. The van der Waals surface area contributed by atoms with Crippen molar-refractivity contribution in [2.45, 2.75) is 43.2 Å². The zero-order valence-corrected chi connectivity index (χ0v) is 15.9. The van der Waals surface area contributed by atoms with Gasteiger partial charge >= 0.3 is 0 Å². The first-order valence-corrected chi connectivity index (χ1v) is 10.3. The third-order valence-electron chi connectivity index (χ3n) is 4.73. The molecule has 2 atom stereocenters. The Hall–Kier alpha value is -2.12. The molecule has 0 amide bonds. The molecule has 1 aromatic heterocycles. The number of sulfonamides is 1. The Kier molecular flexibility index (Phi) is 5.78. The molecule has 0 aliphatic heterocycles. The molecule has 0 saturated heterocycles. The average Bonchev–Trinajstić information content (AvgIpc) is 3.11. The van der Waals surface area contributed by atoms with E-state index in [1.165, 1.54) is 10.5 Å². The van der Waals surface area contributed by atoms with Crippen LogP contribution in [0.25, 0.3) is 0 Å². The largest absolute Gasteiger partial charge is 0.381 e. The van der Waals surface area contributed by atoms with Crippen LogP contribution in [0.5, 0.6) is 0 Å². The summed E-state index contributed by atoms with van der Waals surface area (Å²) in [6.45, 7) is 2.17. The molecule has 1 heterocycles. The molecule has 7 heteroatoms. The van der Waals surface area contributed by atoms with Crippen LogP contribution in [-0.2, 0) is 14.8 Å². The van der Waals surface area contributed by atoms with Gasteiger partial charge in [-0.05, 0) is 50.5 Å². The van der Waals surface area contributed by atoms with E-state index in [1.54, 1.807) is 31.4 Å². The van der Waals surface area contributed by atoms with Crippen molar-refractivity contribution in [2.24, 2.45) is 0 Å². The second-order valence-corrected chi connectivity index (χ2v) is 8.26. The summed E-state index contributed by atoms with van der Waals surface area (Å²) in [6.07, 6.45) is 4.71. The van der Waals surface area contributed by atoms with Crippen LogP contribution in [0.1, 0.15) is 26.2 Å². The minimum absolute atomic E-state index is 0.190. The van der Waals surface area contributed by atoms with Gasteiger partial charge in [0.25, 0.3) is 10.0 Å². The van der Waals surface area contributed by atoms with Gasteiger partial charge in [0.05, 0.1) is 11.8 Å². The standard InChI is InChI=1S/C19H25N3O3S/c1-3-22(16-7-5-4-6-8-16)26(23,24)18-11-12-19(20-14-18)21-15-9-10-17(13-15)25-2/h4-8,11-12,14-15,17H,3,9-10,13H2,1-2H3,(H,20,21). The first kappa shape index (κ1) is 18.7. The molecular weight excluding hydrogens is 350 g/mol. The number of aromatic nitrogens is 1. The summed E-state index contributed by atoms with van der Waals surface area (Å²) >= 11 is 0. The van der Waals surface area contributed by atoms with Crippen LogP contribution in [0.3, 0.4) is 0 Å². The third kappa shape index (κ3) is 3.99. The van der Waals surface area contributed by atoms with Crippen molar-refractivity contribution >= 4 is 21.5 Å². The highest BCUT2D eigenvalue weighted by Crippen LogP contribution is 2.26. The Labute approximate surface area is 155 Å². The first-order chi connectivity index (χ1) is 12.5. The summed E-state index contributed by atoms with van der Waals surface area (Å²) in [4.78, 5) is 4.50. The number of hydrogen-bond donors (Lipinski definition) is 1. The summed E-state index contributed by atoms with van der Waals surface area (Å²) < 4.78 is 32.7. The van der Waals surface area contributed by atoms with Gasteiger partial charge in [0.15, 0.2) is 0 Å². The van der Waals surface area contributed by atoms with E-state index in [2.05, 4.69) is 10.3 Å². The predicted molar refractivity (Wildman–Crippen MR) is 103 cm³/mol. The molecule has 0 radical (unpaired) electrons. The summed E-state index contributed by atoms with van der Waals surface area (Å²) in [7, 11) is -1.90. The minimum atomic E-state index is -3.64. The average molecular weight is 375 g/mol. The van der Waals surface area contributed by atoms with E-state index in [1.807, 2.05) is 25.1 Å². The van der Waals surface area contributed by atoms with Gasteiger partial charge in [0.1, 0.15) is 10.7 Å². The summed E-state index contributed by atoms with van der Waals surface area (Å²) in [6, 6.07) is 12.7. The summed E-state index contributed by atoms with van der Waals surface area (Å²) in [5.41, 5.74) is 0.647. The van der Waals surface area contributed by atoms with Crippen LogP contribution in [-0.4, -0.2) is 39.2 Å². The molecule has 26 heavy (non-hydrogen) atoms. The number of benzene rings is 1.